The molecule has 0 saturated carbocycles. The number of phenolic OH excluding ortho intramolecular Hbond substituents is 2. The van der Waals surface area contributed by atoms with Gasteiger partial charge in [0.05, 0.1) is 5.41 Å². The molecule has 0 unspecified atom stereocenters. The molecule has 0 amide bonds. The molecule has 2 N–H and O–H groups in total. The Hall–Kier alpha value is -6.12. The van der Waals surface area contributed by atoms with Crippen LogP contribution in [0.15, 0.2) is 170 Å². The summed E-state index contributed by atoms with van der Waals surface area (Å²) in [5.74, 6) is 0.513. The molecular formula is C45H30O2. The van der Waals surface area contributed by atoms with Crippen molar-refractivity contribution in [2.75, 3.05) is 0 Å². The summed E-state index contributed by atoms with van der Waals surface area (Å²) in [5, 5.41) is 24.8. The van der Waals surface area contributed by atoms with E-state index in [1.165, 1.54) is 44.5 Å². The predicted molar refractivity (Wildman–Crippen MR) is 193 cm³/mol. The van der Waals surface area contributed by atoms with Crippen LogP contribution in [0.4, 0.5) is 0 Å². The van der Waals surface area contributed by atoms with Crippen LogP contribution < -0.4 is 0 Å². The molecule has 1 aliphatic rings. The minimum Gasteiger partial charge on any atom is -0.508 e. The third-order valence-corrected chi connectivity index (χ3v) is 9.85. The molecule has 0 fully saturated rings. The highest BCUT2D eigenvalue weighted by Gasteiger charge is 2.49. The van der Waals surface area contributed by atoms with Crippen LogP contribution in [-0.4, -0.2) is 10.2 Å². The Bertz CT molecular complexity index is 2300. The molecule has 0 radical (unpaired) electrons. The van der Waals surface area contributed by atoms with Crippen molar-refractivity contribution in [3.05, 3.63) is 192 Å². The van der Waals surface area contributed by atoms with Crippen LogP contribution in [0.2, 0.25) is 0 Å². The molecular weight excluding hydrogens is 572 g/mol. The van der Waals surface area contributed by atoms with Crippen molar-refractivity contribution in [2.45, 2.75) is 5.41 Å². The molecule has 0 aromatic heterocycles. The van der Waals surface area contributed by atoms with E-state index in [1.807, 2.05) is 24.3 Å². The number of fused-ring (bicyclic) bond motifs is 5. The van der Waals surface area contributed by atoms with Crippen LogP contribution in [0.3, 0.4) is 0 Å². The molecule has 47 heavy (non-hydrogen) atoms. The molecule has 2 heteroatoms. The number of rotatable bonds is 4. The Balaban J connectivity index is 1.50. The minimum absolute atomic E-state index is 0.257. The molecule has 8 aromatic rings. The fourth-order valence-corrected chi connectivity index (χ4v) is 7.88. The van der Waals surface area contributed by atoms with Crippen LogP contribution in [0.25, 0.3) is 54.9 Å². The van der Waals surface area contributed by atoms with Gasteiger partial charge in [0.1, 0.15) is 11.5 Å². The van der Waals surface area contributed by atoms with Crippen LogP contribution in [-0.2, 0) is 5.41 Å². The summed E-state index contributed by atoms with van der Waals surface area (Å²) >= 11 is 0. The normalized spacial score (nSPS) is 13.0. The summed E-state index contributed by atoms with van der Waals surface area (Å²) in [6.45, 7) is 0. The van der Waals surface area contributed by atoms with Gasteiger partial charge in [-0.15, -0.1) is 0 Å². The zero-order valence-electron chi connectivity index (χ0n) is 25.6. The zero-order chi connectivity index (χ0) is 31.5. The topological polar surface area (TPSA) is 40.5 Å². The van der Waals surface area contributed by atoms with E-state index >= 15 is 0 Å². The van der Waals surface area contributed by atoms with Gasteiger partial charge < -0.3 is 10.2 Å². The highest BCUT2D eigenvalue weighted by molar-refractivity contribution is 5.99. The molecule has 1 aliphatic carbocycles. The Morgan fingerprint density at radius 3 is 1.15 bits per heavy atom. The van der Waals surface area contributed by atoms with E-state index in [2.05, 4.69) is 133 Å². The van der Waals surface area contributed by atoms with Gasteiger partial charge in [-0.1, -0.05) is 133 Å². The molecule has 222 valence electrons. The number of hydrogen-bond donors (Lipinski definition) is 2. The van der Waals surface area contributed by atoms with Gasteiger partial charge in [0.15, 0.2) is 0 Å². The first kappa shape index (κ1) is 27.2. The maximum Gasteiger partial charge on any atom is 0.116 e. The molecule has 9 rings (SSSR count). The van der Waals surface area contributed by atoms with Crippen LogP contribution >= 0.6 is 0 Å². The summed E-state index contributed by atoms with van der Waals surface area (Å²) in [6.07, 6.45) is 0. The van der Waals surface area contributed by atoms with Gasteiger partial charge >= 0.3 is 0 Å². The Morgan fingerprint density at radius 1 is 0.319 bits per heavy atom. The summed E-state index contributed by atoms with van der Waals surface area (Å²) in [6, 6.07) is 59.4. The second-order valence-corrected chi connectivity index (χ2v) is 12.4. The highest BCUT2D eigenvalue weighted by atomic mass is 16.3. The second kappa shape index (κ2) is 10.5. The molecule has 0 aliphatic heterocycles. The number of phenols is 2. The lowest BCUT2D eigenvalue weighted by Gasteiger charge is -2.37. The van der Waals surface area contributed by atoms with Gasteiger partial charge in [-0.2, -0.15) is 0 Å². The van der Waals surface area contributed by atoms with Crippen LogP contribution in [0, 0.1) is 0 Å². The fraction of sp³-hybridized carbons (Fsp3) is 0.0222. The first-order valence-electron chi connectivity index (χ1n) is 16.0. The molecule has 0 saturated heterocycles. The minimum atomic E-state index is -0.707. The first-order chi connectivity index (χ1) is 23.1. The standard InChI is InChI=1S/C45H30O2/c46-37-23-19-31-25-35(21-17-33(31)27-37)45(36-22-18-34-28-38(47)24-20-32(34)26-36)43-39(29-9-3-1-4-10-29)13-7-15-41(43)42-16-8-14-40(44(42)45)30-11-5-2-6-12-30/h1-28,46-47H. The van der Waals surface area contributed by atoms with Crippen molar-refractivity contribution >= 4 is 21.5 Å². The van der Waals surface area contributed by atoms with E-state index in [0.717, 1.165) is 32.7 Å². The maximum atomic E-state index is 10.3. The molecule has 0 spiro atoms. The summed E-state index contributed by atoms with van der Waals surface area (Å²) in [5.41, 5.74) is 11.2. The summed E-state index contributed by atoms with van der Waals surface area (Å²) in [4.78, 5) is 0. The summed E-state index contributed by atoms with van der Waals surface area (Å²) < 4.78 is 0. The Morgan fingerprint density at radius 2 is 0.702 bits per heavy atom. The quantitative estimate of drug-likeness (QED) is 0.210. The van der Waals surface area contributed by atoms with E-state index in [1.54, 1.807) is 12.1 Å². The molecule has 2 nitrogen and oxygen atoms in total. The van der Waals surface area contributed by atoms with Gasteiger partial charge in [0, 0.05) is 0 Å². The van der Waals surface area contributed by atoms with Crippen molar-refractivity contribution in [1.82, 2.24) is 0 Å². The fourth-order valence-electron chi connectivity index (χ4n) is 7.88. The van der Waals surface area contributed by atoms with Crippen molar-refractivity contribution in [3.63, 3.8) is 0 Å². The molecule has 8 aromatic carbocycles. The van der Waals surface area contributed by atoms with E-state index < -0.39 is 5.41 Å². The zero-order valence-corrected chi connectivity index (χ0v) is 25.6. The third kappa shape index (κ3) is 4.12. The second-order valence-electron chi connectivity index (χ2n) is 12.4. The lowest BCUT2D eigenvalue weighted by Crippen LogP contribution is -2.30. The van der Waals surface area contributed by atoms with Gasteiger partial charge in [0.2, 0.25) is 0 Å². The summed E-state index contributed by atoms with van der Waals surface area (Å²) in [7, 11) is 0. The highest BCUT2D eigenvalue weighted by Crippen LogP contribution is 2.61. The van der Waals surface area contributed by atoms with Gasteiger partial charge in [-0.3, -0.25) is 0 Å². The van der Waals surface area contributed by atoms with Crippen molar-refractivity contribution in [3.8, 4) is 44.9 Å². The van der Waals surface area contributed by atoms with Crippen molar-refractivity contribution < 1.29 is 10.2 Å². The average Bonchev–Trinajstić information content (AvgIpc) is 3.43. The van der Waals surface area contributed by atoms with E-state index in [4.69, 9.17) is 0 Å². The SMILES string of the molecule is Oc1ccc2cc(C3(c4ccc5cc(O)ccc5c4)c4c(-c5ccccc5)cccc4-c4cccc(-c5ccccc5)c43)ccc2c1. The van der Waals surface area contributed by atoms with Gasteiger partial charge in [-0.05, 0) is 114 Å². The lowest BCUT2D eigenvalue weighted by atomic mass is 9.64. The number of hydrogen-bond acceptors (Lipinski definition) is 2. The molecule has 0 bridgehead atoms. The van der Waals surface area contributed by atoms with Crippen LogP contribution in [0.5, 0.6) is 11.5 Å². The predicted octanol–water partition coefficient (Wildman–Crippen LogP) is 11.1. The van der Waals surface area contributed by atoms with Gasteiger partial charge in [-0.25, -0.2) is 0 Å². The maximum absolute atomic E-state index is 10.3. The Kier molecular flexibility index (Phi) is 6.06. The average molecular weight is 603 g/mol. The largest absolute Gasteiger partial charge is 0.508 e. The lowest BCUT2D eigenvalue weighted by molar-refractivity contribution is 0.475. The molecule has 0 heterocycles. The third-order valence-electron chi connectivity index (χ3n) is 9.85. The van der Waals surface area contributed by atoms with Crippen molar-refractivity contribution in [2.24, 2.45) is 0 Å². The molecule has 0 atom stereocenters. The monoisotopic (exact) mass is 602 g/mol. The van der Waals surface area contributed by atoms with E-state index in [0.29, 0.717) is 0 Å². The van der Waals surface area contributed by atoms with E-state index in [9.17, 15) is 10.2 Å². The Labute approximate surface area is 273 Å². The van der Waals surface area contributed by atoms with Crippen LogP contribution in [0.1, 0.15) is 22.3 Å². The van der Waals surface area contributed by atoms with E-state index in [-0.39, 0.29) is 11.5 Å². The van der Waals surface area contributed by atoms with Crippen molar-refractivity contribution in [1.29, 1.82) is 0 Å². The number of aromatic hydroxyl groups is 2. The van der Waals surface area contributed by atoms with Gasteiger partial charge in [0.25, 0.3) is 0 Å². The smallest absolute Gasteiger partial charge is 0.116 e. The number of benzene rings is 8. The first-order valence-corrected chi connectivity index (χ1v) is 16.0.